The summed E-state index contributed by atoms with van der Waals surface area (Å²) < 4.78 is 28.9. The van der Waals surface area contributed by atoms with Crippen molar-refractivity contribution in [1.29, 1.82) is 0 Å². The summed E-state index contributed by atoms with van der Waals surface area (Å²) in [6, 6.07) is 8.86. The Morgan fingerprint density at radius 1 is 1.22 bits per heavy atom. The normalized spacial score (nSPS) is 11.2. The number of carboxylic acids is 1. The SMILES string of the molecule is C/C=C/C(=O)O.O=S(=O)(O)C=Cc1ccccc1. The lowest BCUT2D eigenvalue weighted by atomic mass is 10.2. The van der Waals surface area contributed by atoms with Crippen molar-refractivity contribution in [2.45, 2.75) is 6.92 Å². The third kappa shape index (κ3) is 10.6. The average molecular weight is 270 g/mol. The van der Waals surface area contributed by atoms with Crippen LogP contribution in [0.5, 0.6) is 0 Å². The topological polar surface area (TPSA) is 91.7 Å². The Balaban J connectivity index is 0.000000411. The molecule has 0 radical (unpaired) electrons. The third-order valence-corrected chi connectivity index (χ3v) is 2.02. The lowest BCUT2D eigenvalue weighted by Gasteiger charge is -1.89. The minimum Gasteiger partial charge on any atom is -0.478 e. The highest BCUT2D eigenvalue weighted by atomic mass is 32.2. The van der Waals surface area contributed by atoms with Crippen molar-refractivity contribution in [3.8, 4) is 0 Å². The Morgan fingerprint density at radius 3 is 2.11 bits per heavy atom. The van der Waals surface area contributed by atoms with Crippen LogP contribution in [-0.4, -0.2) is 24.0 Å². The highest BCUT2D eigenvalue weighted by Crippen LogP contribution is 2.01. The number of carboxylic acid groups (broad SMARTS) is 1. The van der Waals surface area contributed by atoms with Gasteiger partial charge in [-0.15, -0.1) is 0 Å². The van der Waals surface area contributed by atoms with Crippen molar-refractivity contribution in [1.82, 2.24) is 0 Å². The maximum atomic E-state index is 10.3. The maximum Gasteiger partial charge on any atom is 0.327 e. The molecule has 2 N–H and O–H groups in total. The molecule has 1 rings (SSSR count). The highest BCUT2D eigenvalue weighted by Gasteiger charge is 1.94. The number of allylic oxidation sites excluding steroid dienone is 1. The largest absolute Gasteiger partial charge is 0.478 e. The van der Waals surface area contributed by atoms with Gasteiger partial charge in [-0.3, -0.25) is 4.55 Å². The van der Waals surface area contributed by atoms with E-state index in [2.05, 4.69) is 0 Å². The maximum absolute atomic E-state index is 10.3. The Morgan fingerprint density at radius 2 is 1.78 bits per heavy atom. The fraction of sp³-hybridized carbons (Fsp3) is 0.0833. The Bertz CT molecular complexity index is 515. The van der Waals surface area contributed by atoms with E-state index in [0.29, 0.717) is 0 Å². The van der Waals surface area contributed by atoms with Crippen LogP contribution in [-0.2, 0) is 14.9 Å². The van der Waals surface area contributed by atoms with Crippen molar-refractivity contribution >= 4 is 22.2 Å². The molecule has 98 valence electrons. The van der Waals surface area contributed by atoms with Crippen molar-refractivity contribution in [3.05, 3.63) is 53.5 Å². The molecular weight excluding hydrogens is 256 g/mol. The first-order valence-corrected chi connectivity index (χ1v) is 6.41. The van der Waals surface area contributed by atoms with Crippen LogP contribution >= 0.6 is 0 Å². The lowest BCUT2D eigenvalue weighted by Crippen LogP contribution is -1.88. The molecule has 0 bridgehead atoms. The van der Waals surface area contributed by atoms with Crippen molar-refractivity contribution < 1.29 is 22.9 Å². The van der Waals surface area contributed by atoms with Gasteiger partial charge in [-0.1, -0.05) is 36.4 Å². The smallest absolute Gasteiger partial charge is 0.327 e. The van der Waals surface area contributed by atoms with Gasteiger partial charge in [-0.25, -0.2) is 4.79 Å². The van der Waals surface area contributed by atoms with Crippen LogP contribution in [0.3, 0.4) is 0 Å². The van der Waals surface area contributed by atoms with E-state index in [0.717, 1.165) is 17.0 Å². The van der Waals surface area contributed by atoms with E-state index in [1.54, 1.807) is 31.2 Å². The first kappa shape index (κ1) is 16.1. The van der Waals surface area contributed by atoms with Gasteiger partial charge in [0.05, 0.1) is 5.41 Å². The lowest BCUT2D eigenvalue weighted by molar-refractivity contribution is -0.131. The second kappa shape index (κ2) is 8.21. The van der Waals surface area contributed by atoms with Gasteiger partial charge in [0.1, 0.15) is 0 Å². The summed E-state index contributed by atoms with van der Waals surface area (Å²) in [5.41, 5.74) is 0.732. The molecule has 6 heteroatoms. The fourth-order valence-corrected chi connectivity index (χ4v) is 1.20. The molecule has 0 aromatic heterocycles. The van der Waals surface area contributed by atoms with E-state index in [4.69, 9.17) is 9.66 Å². The summed E-state index contributed by atoms with van der Waals surface area (Å²) in [6.45, 7) is 1.66. The van der Waals surface area contributed by atoms with Crippen LogP contribution in [0, 0.1) is 0 Å². The van der Waals surface area contributed by atoms with Crippen molar-refractivity contribution in [3.63, 3.8) is 0 Å². The van der Waals surface area contributed by atoms with Crippen LogP contribution in [0.2, 0.25) is 0 Å². The van der Waals surface area contributed by atoms with Crippen molar-refractivity contribution in [2.24, 2.45) is 0 Å². The summed E-state index contributed by atoms with van der Waals surface area (Å²) in [5.74, 6) is -0.891. The number of benzene rings is 1. The second-order valence-electron chi connectivity index (χ2n) is 3.07. The monoisotopic (exact) mass is 270 g/mol. The molecule has 5 nitrogen and oxygen atoms in total. The van der Waals surface area contributed by atoms with Gasteiger partial charge in [0.2, 0.25) is 0 Å². The summed E-state index contributed by atoms with van der Waals surface area (Å²) in [7, 11) is -4.00. The van der Waals surface area contributed by atoms with E-state index >= 15 is 0 Å². The standard InChI is InChI=1S/C8H8O3S.C4H6O2/c9-12(10,11)7-6-8-4-2-1-3-5-8;1-2-3-4(5)6/h1-7H,(H,9,10,11);2-3H,1H3,(H,5,6)/b;3-2+. The molecule has 0 heterocycles. The first-order valence-electron chi connectivity index (χ1n) is 4.91. The summed E-state index contributed by atoms with van der Waals surface area (Å²) in [5, 5.41) is 8.58. The van der Waals surface area contributed by atoms with Gasteiger partial charge in [0.15, 0.2) is 0 Å². The predicted octanol–water partition coefficient (Wildman–Crippen LogP) is 2.19. The molecule has 0 unspecified atom stereocenters. The number of aliphatic carboxylic acids is 1. The zero-order valence-corrected chi connectivity index (χ0v) is 10.5. The van der Waals surface area contributed by atoms with Gasteiger partial charge >= 0.3 is 5.97 Å². The summed E-state index contributed by atoms with van der Waals surface area (Å²) >= 11 is 0. The molecular formula is C12H14O5S. The molecule has 1 aromatic rings. The molecule has 0 spiro atoms. The molecule has 0 saturated heterocycles. The second-order valence-corrected chi connectivity index (χ2v) is 4.37. The van der Waals surface area contributed by atoms with Crippen molar-refractivity contribution in [2.75, 3.05) is 0 Å². The highest BCUT2D eigenvalue weighted by molar-refractivity contribution is 7.88. The van der Waals surface area contributed by atoms with Crippen LogP contribution in [0.15, 0.2) is 47.9 Å². The minimum absolute atomic E-state index is 0.732. The Hall–Kier alpha value is -1.92. The molecule has 0 fully saturated rings. The third-order valence-electron chi connectivity index (χ3n) is 1.54. The molecule has 0 aliphatic rings. The van der Waals surface area contributed by atoms with E-state index in [1.807, 2.05) is 6.07 Å². The number of rotatable bonds is 3. The fourth-order valence-electron chi connectivity index (χ4n) is 0.871. The zero-order chi connectivity index (χ0) is 14.0. The van der Waals surface area contributed by atoms with Crippen LogP contribution in [0.1, 0.15) is 12.5 Å². The van der Waals surface area contributed by atoms with Gasteiger partial charge in [-0.2, -0.15) is 8.42 Å². The molecule has 1 aromatic carbocycles. The molecule has 0 aliphatic carbocycles. The molecule has 18 heavy (non-hydrogen) atoms. The Labute approximate surface area is 106 Å². The van der Waals surface area contributed by atoms with E-state index < -0.39 is 16.1 Å². The summed E-state index contributed by atoms with van der Waals surface area (Å²) in [6.07, 6.45) is 3.89. The van der Waals surface area contributed by atoms with Gasteiger partial charge in [-0.05, 0) is 18.6 Å². The van der Waals surface area contributed by atoms with E-state index in [9.17, 15) is 13.2 Å². The molecule has 0 saturated carbocycles. The van der Waals surface area contributed by atoms with Gasteiger partial charge < -0.3 is 5.11 Å². The summed E-state index contributed by atoms with van der Waals surface area (Å²) in [4.78, 5) is 9.51. The molecule has 0 amide bonds. The Kier molecular flexibility index (Phi) is 7.34. The molecule has 0 aliphatic heterocycles. The van der Waals surface area contributed by atoms with E-state index in [-0.39, 0.29) is 0 Å². The van der Waals surface area contributed by atoms with Gasteiger partial charge in [0.25, 0.3) is 10.1 Å². The van der Waals surface area contributed by atoms with Crippen LogP contribution in [0.25, 0.3) is 6.08 Å². The van der Waals surface area contributed by atoms with Crippen LogP contribution in [0.4, 0.5) is 0 Å². The molecule has 0 atom stereocenters. The van der Waals surface area contributed by atoms with Gasteiger partial charge in [0, 0.05) is 6.08 Å². The number of carbonyl (C=O) groups is 1. The number of hydrogen-bond acceptors (Lipinski definition) is 3. The zero-order valence-electron chi connectivity index (χ0n) is 9.72. The van der Waals surface area contributed by atoms with E-state index in [1.165, 1.54) is 12.2 Å². The quantitative estimate of drug-likeness (QED) is 0.649. The first-order chi connectivity index (χ1) is 8.35. The minimum atomic E-state index is -4.00. The average Bonchev–Trinajstić information content (AvgIpc) is 2.27. The van der Waals surface area contributed by atoms with Crippen LogP contribution < -0.4 is 0 Å². The predicted molar refractivity (Wildman–Crippen MR) is 69.5 cm³/mol. The number of hydrogen-bond donors (Lipinski definition) is 2.